The summed E-state index contributed by atoms with van der Waals surface area (Å²) in [5.41, 5.74) is 1.11. The van der Waals surface area contributed by atoms with Crippen LogP contribution in [0, 0.1) is 5.82 Å². The lowest BCUT2D eigenvalue weighted by Crippen LogP contribution is -2.30. The lowest BCUT2D eigenvalue weighted by molar-refractivity contribution is -0.118. The van der Waals surface area contributed by atoms with Gasteiger partial charge >= 0.3 is 6.09 Å². The van der Waals surface area contributed by atoms with E-state index >= 15 is 0 Å². The van der Waals surface area contributed by atoms with Gasteiger partial charge in [0.2, 0.25) is 0 Å². The van der Waals surface area contributed by atoms with Gasteiger partial charge in [0.1, 0.15) is 17.7 Å². The summed E-state index contributed by atoms with van der Waals surface area (Å²) in [6.07, 6.45) is -0.300. The van der Waals surface area contributed by atoms with Crippen molar-refractivity contribution in [2.24, 2.45) is 0 Å². The van der Waals surface area contributed by atoms with Gasteiger partial charge < -0.3 is 24.7 Å². The van der Waals surface area contributed by atoms with Crippen LogP contribution in [0.25, 0.3) is 10.9 Å². The molecule has 0 radical (unpaired) electrons. The van der Waals surface area contributed by atoms with Crippen molar-refractivity contribution >= 4 is 34.5 Å². The number of benzene rings is 1. The number of nitrogens with one attached hydrogen (secondary N) is 2. The number of amides is 2. The average Bonchev–Trinajstić information content (AvgIpc) is 3.42. The maximum Gasteiger partial charge on any atom is 0.415 e. The average molecular weight is 479 g/mol. The molecule has 0 bridgehead atoms. The summed E-state index contributed by atoms with van der Waals surface area (Å²) in [7, 11) is 0. The predicted octanol–water partition coefficient (Wildman–Crippen LogP) is 1.97. The molecule has 2 aromatic heterocycles. The second-order valence-electron chi connectivity index (χ2n) is 8.84. The Bertz CT molecular complexity index is 1420. The first-order valence-corrected chi connectivity index (χ1v) is 11.4. The lowest BCUT2D eigenvalue weighted by atomic mass is 9.99. The molecule has 35 heavy (non-hydrogen) atoms. The summed E-state index contributed by atoms with van der Waals surface area (Å²) < 4.78 is 27.0. The Labute approximate surface area is 198 Å². The fraction of sp³-hybridized carbons (Fsp3) is 0.333. The third kappa shape index (κ3) is 3.77. The van der Waals surface area contributed by atoms with Gasteiger partial charge in [-0.3, -0.25) is 14.5 Å². The molecule has 3 aliphatic rings. The minimum absolute atomic E-state index is 0.0691. The van der Waals surface area contributed by atoms with Gasteiger partial charge in [-0.1, -0.05) is 0 Å². The number of pyridine rings is 2. The van der Waals surface area contributed by atoms with E-state index in [-0.39, 0.29) is 41.7 Å². The van der Waals surface area contributed by atoms with Gasteiger partial charge in [0.25, 0.3) is 11.5 Å². The minimum Gasteiger partial charge on any atom is -0.480 e. The first-order chi connectivity index (χ1) is 17.0. The van der Waals surface area contributed by atoms with Crippen LogP contribution in [0.2, 0.25) is 0 Å². The van der Waals surface area contributed by atoms with Crippen LogP contribution in [0.4, 0.5) is 20.8 Å². The molecule has 3 aliphatic heterocycles. The molecular weight excluding hydrogens is 457 g/mol. The van der Waals surface area contributed by atoms with Crippen molar-refractivity contribution < 1.29 is 23.5 Å². The first-order valence-electron chi connectivity index (χ1n) is 11.4. The van der Waals surface area contributed by atoms with E-state index < -0.39 is 6.09 Å². The van der Waals surface area contributed by atoms with Gasteiger partial charge in [0.05, 0.1) is 12.1 Å². The number of rotatable bonds is 6. The summed E-state index contributed by atoms with van der Waals surface area (Å²) in [6.45, 7) is 1.72. The van der Waals surface area contributed by atoms with Crippen molar-refractivity contribution in [1.82, 2.24) is 14.9 Å². The standard InChI is InChI=1S/C24H22FN5O5/c25-16-3-1-13-2-6-20(32)30-10-14(21(16)22(13)30)9-26-8-7-15-11-29(24(33)35-15)18-5-4-17-23(27-18)28-19(31)12-34-17/h1-6,14-15,26H,7-12H2,(H,27,28,31). The summed E-state index contributed by atoms with van der Waals surface area (Å²) in [5, 5.41) is 6.80. The summed E-state index contributed by atoms with van der Waals surface area (Å²) >= 11 is 0. The number of hydrogen-bond donors (Lipinski definition) is 2. The van der Waals surface area contributed by atoms with Gasteiger partial charge in [-0.25, -0.2) is 14.2 Å². The number of aromatic nitrogens is 2. The van der Waals surface area contributed by atoms with Crippen LogP contribution in [0.1, 0.15) is 17.9 Å². The van der Waals surface area contributed by atoms with Crippen LogP contribution in [0.3, 0.4) is 0 Å². The molecule has 2 N–H and O–H groups in total. The van der Waals surface area contributed by atoms with Gasteiger partial charge in [-0.2, -0.15) is 0 Å². The number of ether oxygens (including phenoxy) is 2. The van der Waals surface area contributed by atoms with Crippen LogP contribution < -0.4 is 25.8 Å². The minimum atomic E-state index is -0.509. The third-order valence-electron chi connectivity index (χ3n) is 6.59. The zero-order chi connectivity index (χ0) is 24.1. The zero-order valence-corrected chi connectivity index (χ0v) is 18.6. The second kappa shape index (κ2) is 8.35. The van der Waals surface area contributed by atoms with E-state index in [0.29, 0.717) is 55.2 Å². The molecule has 1 saturated heterocycles. The molecule has 1 aromatic carbocycles. The molecule has 10 nitrogen and oxygen atoms in total. The highest BCUT2D eigenvalue weighted by molar-refractivity contribution is 5.95. The van der Waals surface area contributed by atoms with Crippen molar-refractivity contribution in [3.05, 3.63) is 58.1 Å². The van der Waals surface area contributed by atoms with Gasteiger partial charge in [0.15, 0.2) is 18.2 Å². The summed E-state index contributed by atoms with van der Waals surface area (Å²) in [5.74, 6) is 0.323. The van der Waals surface area contributed by atoms with Crippen molar-refractivity contribution in [3.8, 4) is 5.75 Å². The number of fused-ring (bicyclic) bond motifs is 1. The SMILES string of the molecule is O=C1COc2ccc(N3CC(CCNCC4Cn5c(=O)ccc6ccc(F)c4c65)OC3=O)nc2N1. The second-order valence-corrected chi connectivity index (χ2v) is 8.84. The number of anilines is 2. The molecule has 2 amide bonds. The molecule has 3 aromatic rings. The highest BCUT2D eigenvalue weighted by atomic mass is 19.1. The lowest BCUT2D eigenvalue weighted by Gasteiger charge is -2.19. The Morgan fingerprint density at radius 3 is 2.86 bits per heavy atom. The number of carbonyl (C=O) groups is 2. The van der Waals surface area contributed by atoms with E-state index in [4.69, 9.17) is 9.47 Å². The molecule has 0 aliphatic carbocycles. The van der Waals surface area contributed by atoms with Gasteiger partial charge in [0, 0.05) is 30.6 Å². The van der Waals surface area contributed by atoms with E-state index in [9.17, 15) is 18.8 Å². The molecule has 5 heterocycles. The third-order valence-corrected chi connectivity index (χ3v) is 6.59. The van der Waals surface area contributed by atoms with E-state index in [1.165, 1.54) is 17.0 Å². The highest BCUT2D eigenvalue weighted by Crippen LogP contribution is 2.34. The topological polar surface area (TPSA) is 115 Å². The number of halogens is 1. The Hall–Kier alpha value is -3.99. The molecule has 2 unspecified atom stereocenters. The molecule has 0 saturated carbocycles. The van der Waals surface area contributed by atoms with Gasteiger partial charge in [-0.15, -0.1) is 0 Å². The fourth-order valence-corrected chi connectivity index (χ4v) is 4.95. The van der Waals surface area contributed by atoms with Crippen LogP contribution in [0.5, 0.6) is 5.75 Å². The normalized spacial score (nSPS) is 20.5. The zero-order valence-electron chi connectivity index (χ0n) is 18.6. The fourth-order valence-electron chi connectivity index (χ4n) is 4.95. The van der Waals surface area contributed by atoms with Crippen molar-refractivity contribution in [1.29, 1.82) is 0 Å². The molecule has 2 atom stereocenters. The molecule has 11 heteroatoms. The summed E-state index contributed by atoms with van der Waals surface area (Å²) in [6, 6.07) is 9.68. The van der Waals surface area contributed by atoms with Crippen LogP contribution in [0.15, 0.2) is 41.2 Å². The molecular formula is C24H22FN5O5. The Kier molecular flexibility index (Phi) is 5.14. The van der Waals surface area contributed by atoms with Gasteiger partial charge in [-0.05, 0) is 48.7 Å². The Balaban J connectivity index is 1.06. The number of cyclic esters (lactones) is 1. The maximum absolute atomic E-state index is 14.6. The van der Waals surface area contributed by atoms with E-state index in [2.05, 4.69) is 15.6 Å². The quantitative estimate of drug-likeness (QED) is 0.520. The Morgan fingerprint density at radius 2 is 1.97 bits per heavy atom. The maximum atomic E-state index is 14.6. The highest BCUT2D eigenvalue weighted by Gasteiger charge is 2.34. The first kappa shape index (κ1) is 21.5. The van der Waals surface area contributed by atoms with Crippen molar-refractivity contribution in [2.75, 3.05) is 36.5 Å². The molecule has 0 spiro atoms. The van der Waals surface area contributed by atoms with E-state index in [1.54, 1.807) is 28.8 Å². The molecule has 6 rings (SSSR count). The van der Waals surface area contributed by atoms with Crippen molar-refractivity contribution in [2.45, 2.75) is 25.0 Å². The van der Waals surface area contributed by atoms with Crippen LogP contribution in [-0.4, -0.2) is 53.9 Å². The van der Waals surface area contributed by atoms with E-state index in [0.717, 1.165) is 5.39 Å². The number of carbonyl (C=O) groups excluding carboxylic acids is 2. The monoisotopic (exact) mass is 479 g/mol. The summed E-state index contributed by atoms with van der Waals surface area (Å²) in [4.78, 5) is 42.0. The smallest absolute Gasteiger partial charge is 0.415 e. The Morgan fingerprint density at radius 1 is 1.11 bits per heavy atom. The van der Waals surface area contributed by atoms with Crippen LogP contribution >= 0.6 is 0 Å². The van der Waals surface area contributed by atoms with E-state index in [1.807, 2.05) is 0 Å². The van der Waals surface area contributed by atoms with Crippen molar-refractivity contribution in [3.63, 3.8) is 0 Å². The number of hydrogen-bond acceptors (Lipinski definition) is 7. The molecule has 1 fully saturated rings. The molecule has 180 valence electrons. The largest absolute Gasteiger partial charge is 0.480 e. The van der Waals surface area contributed by atoms with Crippen LogP contribution in [-0.2, 0) is 16.1 Å². The number of nitrogens with zero attached hydrogens (tertiary/aromatic N) is 3. The predicted molar refractivity (Wildman–Crippen MR) is 124 cm³/mol.